The Labute approximate surface area is 101 Å². The van der Waals surface area contributed by atoms with E-state index >= 15 is 0 Å². The standard InChI is InChI=1S/C12H12BrFN2/c13-10-8-2-1-3-9(14)12(8)16-11(10)7-4-5-15-6-7/h1-3,7,15-16H,4-6H2. The molecule has 1 aliphatic rings. The Hall–Kier alpha value is -0.870. The predicted octanol–water partition coefficient (Wildman–Crippen LogP) is 3.15. The average Bonchev–Trinajstić information content (AvgIpc) is 2.88. The lowest BCUT2D eigenvalue weighted by Crippen LogP contribution is -2.08. The monoisotopic (exact) mass is 282 g/mol. The number of aromatic nitrogens is 1. The SMILES string of the molecule is Fc1cccc2c(Br)c(C3CCNC3)[nH]c12. The summed E-state index contributed by atoms with van der Waals surface area (Å²) in [5.41, 5.74) is 1.72. The molecule has 1 aromatic carbocycles. The van der Waals surface area contributed by atoms with Crippen LogP contribution in [0.1, 0.15) is 18.0 Å². The van der Waals surface area contributed by atoms with Gasteiger partial charge in [0.1, 0.15) is 5.82 Å². The molecular formula is C12H12BrFN2. The van der Waals surface area contributed by atoms with Crippen LogP contribution in [0.15, 0.2) is 22.7 Å². The summed E-state index contributed by atoms with van der Waals surface area (Å²) in [4.78, 5) is 3.21. The van der Waals surface area contributed by atoms with Gasteiger partial charge in [-0.05, 0) is 35.0 Å². The number of rotatable bonds is 1. The quantitative estimate of drug-likeness (QED) is 0.826. The molecule has 0 bridgehead atoms. The number of benzene rings is 1. The number of aromatic amines is 1. The topological polar surface area (TPSA) is 27.8 Å². The summed E-state index contributed by atoms with van der Waals surface area (Å²) in [5.74, 6) is 0.275. The van der Waals surface area contributed by atoms with Gasteiger partial charge in [0.25, 0.3) is 0 Å². The third-order valence-corrected chi connectivity index (χ3v) is 4.07. The molecule has 2 nitrogen and oxygen atoms in total. The summed E-state index contributed by atoms with van der Waals surface area (Å²) in [5, 5.41) is 4.25. The zero-order valence-electron chi connectivity index (χ0n) is 8.69. The van der Waals surface area contributed by atoms with E-state index < -0.39 is 0 Å². The highest BCUT2D eigenvalue weighted by atomic mass is 79.9. The number of hydrogen-bond acceptors (Lipinski definition) is 1. The molecule has 2 N–H and O–H groups in total. The minimum Gasteiger partial charge on any atom is -0.355 e. The molecule has 1 saturated heterocycles. The Morgan fingerprint density at radius 3 is 2.94 bits per heavy atom. The van der Waals surface area contributed by atoms with E-state index in [4.69, 9.17) is 0 Å². The van der Waals surface area contributed by atoms with E-state index in [2.05, 4.69) is 26.2 Å². The summed E-state index contributed by atoms with van der Waals surface area (Å²) in [7, 11) is 0. The molecular weight excluding hydrogens is 271 g/mol. The van der Waals surface area contributed by atoms with E-state index in [-0.39, 0.29) is 5.82 Å². The first-order chi connectivity index (χ1) is 7.77. The van der Waals surface area contributed by atoms with Crippen LogP contribution >= 0.6 is 15.9 Å². The maximum absolute atomic E-state index is 13.6. The molecule has 16 heavy (non-hydrogen) atoms. The van der Waals surface area contributed by atoms with E-state index in [1.165, 1.54) is 6.07 Å². The minimum absolute atomic E-state index is 0.185. The van der Waals surface area contributed by atoms with Gasteiger partial charge in [0, 0.05) is 28.0 Å². The Morgan fingerprint density at radius 1 is 1.38 bits per heavy atom. The second-order valence-electron chi connectivity index (χ2n) is 4.20. The van der Waals surface area contributed by atoms with Gasteiger partial charge in [0.15, 0.2) is 0 Å². The van der Waals surface area contributed by atoms with Crippen molar-refractivity contribution >= 4 is 26.8 Å². The Bertz CT molecular complexity index is 529. The summed E-state index contributed by atoms with van der Waals surface area (Å²) in [6.45, 7) is 2.00. The third-order valence-electron chi connectivity index (χ3n) is 3.21. The lowest BCUT2D eigenvalue weighted by molar-refractivity contribution is 0.636. The number of hydrogen-bond donors (Lipinski definition) is 2. The van der Waals surface area contributed by atoms with Crippen LogP contribution in [0, 0.1) is 5.82 Å². The Morgan fingerprint density at radius 2 is 2.25 bits per heavy atom. The van der Waals surface area contributed by atoms with E-state index in [0.29, 0.717) is 11.4 Å². The van der Waals surface area contributed by atoms with E-state index in [1.54, 1.807) is 6.07 Å². The smallest absolute Gasteiger partial charge is 0.147 e. The lowest BCUT2D eigenvalue weighted by atomic mass is 10.1. The van der Waals surface area contributed by atoms with Crippen molar-refractivity contribution in [2.45, 2.75) is 12.3 Å². The van der Waals surface area contributed by atoms with E-state index in [1.807, 2.05) is 6.07 Å². The first-order valence-electron chi connectivity index (χ1n) is 5.43. The van der Waals surface area contributed by atoms with Crippen molar-refractivity contribution in [2.24, 2.45) is 0 Å². The molecule has 0 amide bonds. The average molecular weight is 283 g/mol. The van der Waals surface area contributed by atoms with Crippen LogP contribution in [0.4, 0.5) is 4.39 Å². The van der Waals surface area contributed by atoms with Crippen LogP contribution in [0.5, 0.6) is 0 Å². The molecule has 1 unspecified atom stereocenters. The second kappa shape index (κ2) is 3.86. The molecule has 0 saturated carbocycles. The zero-order valence-corrected chi connectivity index (χ0v) is 10.3. The molecule has 1 atom stereocenters. The lowest BCUT2D eigenvalue weighted by Gasteiger charge is -2.05. The fraction of sp³-hybridized carbons (Fsp3) is 0.333. The van der Waals surface area contributed by atoms with Crippen molar-refractivity contribution in [3.63, 3.8) is 0 Å². The van der Waals surface area contributed by atoms with Crippen LogP contribution in [0.2, 0.25) is 0 Å². The number of fused-ring (bicyclic) bond motifs is 1. The zero-order chi connectivity index (χ0) is 11.1. The van der Waals surface area contributed by atoms with Crippen molar-refractivity contribution in [3.05, 3.63) is 34.2 Å². The maximum Gasteiger partial charge on any atom is 0.147 e. The number of para-hydroxylation sites is 1. The van der Waals surface area contributed by atoms with Gasteiger partial charge in [-0.25, -0.2) is 4.39 Å². The molecule has 4 heteroatoms. The fourth-order valence-corrected chi connectivity index (χ4v) is 3.10. The molecule has 0 spiro atoms. The summed E-state index contributed by atoms with van der Waals surface area (Å²) < 4.78 is 14.6. The van der Waals surface area contributed by atoms with Gasteiger partial charge in [-0.2, -0.15) is 0 Å². The van der Waals surface area contributed by atoms with Crippen molar-refractivity contribution in [1.82, 2.24) is 10.3 Å². The van der Waals surface area contributed by atoms with Gasteiger partial charge in [-0.3, -0.25) is 0 Å². The van der Waals surface area contributed by atoms with Gasteiger partial charge in [0.05, 0.1) is 5.52 Å². The first-order valence-corrected chi connectivity index (χ1v) is 6.23. The number of nitrogens with one attached hydrogen (secondary N) is 2. The van der Waals surface area contributed by atoms with Crippen LogP contribution in [-0.2, 0) is 0 Å². The third kappa shape index (κ3) is 1.48. The highest BCUT2D eigenvalue weighted by Gasteiger charge is 2.22. The Kier molecular flexibility index (Phi) is 2.48. The van der Waals surface area contributed by atoms with E-state index in [9.17, 15) is 4.39 Å². The molecule has 0 aliphatic carbocycles. The Balaban J connectivity index is 2.18. The van der Waals surface area contributed by atoms with Crippen molar-refractivity contribution in [2.75, 3.05) is 13.1 Å². The first kappa shape index (κ1) is 10.3. The molecule has 1 aliphatic heterocycles. The molecule has 2 heterocycles. The van der Waals surface area contributed by atoms with Crippen LogP contribution in [0.25, 0.3) is 10.9 Å². The summed E-state index contributed by atoms with van der Waals surface area (Å²) in [6.07, 6.45) is 1.10. The normalized spacial score (nSPS) is 20.8. The minimum atomic E-state index is -0.185. The molecule has 2 aromatic rings. The van der Waals surface area contributed by atoms with Gasteiger partial charge in [-0.1, -0.05) is 12.1 Å². The van der Waals surface area contributed by atoms with Crippen molar-refractivity contribution in [3.8, 4) is 0 Å². The highest BCUT2D eigenvalue weighted by molar-refractivity contribution is 9.10. The highest BCUT2D eigenvalue weighted by Crippen LogP contribution is 2.35. The summed E-state index contributed by atoms with van der Waals surface area (Å²) in [6, 6.07) is 5.17. The largest absolute Gasteiger partial charge is 0.355 e. The number of H-pyrrole nitrogens is 1. The van der Waals surface area contributed by atoms with Gasteiger partial charge in [-0.15, -0.1) is 0 Å². The number of halogens is 2. The van der Waals surface area contributed by atoms with Gasteiger partial charge >= 0.3 is 0 Å². The van der Waals surface area contributed by atoms with E-state index in [0.717, 1.165) is 35.1 Å². The molecule has 3 rings (SSSR count). The van der Waals surface area contributed by atoms with Crippen LogP contribution in [0.3, 0.4) is 0 Å². The predicted molar refractivity (Wildman–Crippen MR) is 66.2 cm³/mol. The van der Waals surface area contributed by atoms with Crippen molar-refractivity contribution < 1.29 is 4.39 Å². The van der Waals surface area contributed by atoms with Crippen LogP contribution < -0.4 is 5.32 Å². The molecule has 1 aromatic heterocycles. The van der Waals surface area contributed by atoms with Gasteiger partial charge < -0.3 is 10.3 Å². The molecule has 0 radical (unpaired) electrons. The fourth-order valence-electron chi connectivity index (χ4n) is 2.35. The molecule has 84 valence electrons. The molecule has 1 fully saturated rings. The second-order valence-corrected chi connectivity index (χ2v) is 5.00. The maximum atomic E-state index is 13.6. The summed E-state index contributed by atoms with van der Waals surface area (Å²) >= 11 is 3.57. The van der Waals surface area contributed by atoms with Gasteiger partial charge in [0.2, 0.25) is 0 Å². The van der Waals surface area contributed by atoms with Crippen molar-refractivity contribution in [1.29, 1.82) is 0 Å². The van der Waals surface area contributed by atoms with Crippen LogP contribution in [-0.4, -0.2) is 18.1 Å².